The van der Waals surface area contributed by atoms with Crippen LogP contribution in [0.4, 0.5) is 0 Å². The largest absolute Gasteiger partial charge is 0.183 e. The second-order valence-electron chi connectivity index (χ2n) is 12.1. The standard InChI is InChI=1S/C36H53N3S2/c1-7-11-14-16-19-29-23-27(6)40-35(29)36-30(20-17-15-12-8-2)24-32(41-36)31-22-21-26(5)33-34(31)38-39(37-33)25-28(10-4)18-13-9-3/h21-24,28H,7-20,25H2,1-6H3. The first-order chi connectivity index (χ1) is 20.0. The first kappa shape index (κ1) is 31.9. The molecule has 41 heavy (non-hydrogen) atoms. The molecule has 0 saturated carbocycles. The summed E-state index contributed by atoms with van der Waals surface area (Å²) in [4.78, 5) is 7.82. The second-order valence-corrected chi connectivity index (χ2v) is 14.4. The lowest BCUT2D eigenvalue weighted by Gasteiger charge is -2.12. The first-order valence-electron chi connectivity index (χ1n) is 16.6. The predicted octanol–water partition coefficient (Wildman–Crippen LogP) is 12.0. The molecule has 0 aliphatic rings. The molecule has 1 aromatic carbocycles. The summed E-state index contributed by atoms with van der Waals surface area (Å²) in [5, 5.41) is 10.2. The van der Waals surface area contributed by atoms with Gasteiger partial charge in [0.25, 0.3) is 0 Å². The molecule has 1 unspecified atom stereocenters. The molecule has 0 radical (unpaired) electrons. The molecule has 4 rings (SSSR count). The molecule has 3 aromatic heterocycles. The molecule has 0 aliphatic heterocycles. The van der Waals surface area contributed by atoms with Crippen LogP contribution in [-0.2, 0) is 19.4 Å². The highest BCUT2D eigenvalue weighted by atomic mass is 32.1. The molecular weight excluding hydrogens is 539 g/mol. The summed E-state index contributed by atoms with van der Waals surface area (Å²) in [5.41, 5.74) is 7.70. The van der Waals surface area contributed by atoms with E-state index in [0.717, 1.165) is 24.0 Å². The number of aryl methyl sites for hydroxylation is 4. The molecule has 0 bridgehead atoms. The SMILES string of the molecule is CCCCCCc1cc(C)sc1-c1sc(-c2ccc(C)c3nn(CC(CC)CCCC)nc23)cc1CCCCCC. The number of rotatable bonds is 18. The van der Waals surface area contributed by atoms with Gasteiger partial charge in [0.2, 0.25) is 0 Å². The van der Waals surface area contributed by atoms with E-state index < -0.39 is 0 Å². The predicted molar refractivity (Wildman–Crippen MR) is 183 cm³/mol. The monoisotopic (exact) mass is 591 g/mol. The van der Waals surface area contributed by atoms with E-state index in [1.165, 1.54) is 120 Å². The van der Waals surface area contributed by atoms with Crippen LogP contribution in [0.5, 0.6) is 0 Å². The molecule has 0 N–H and O–H groups in total. The zero-order valence-corrected chi connectivity index (χ0v) is 28.3. The first-order valence-corrected chi connectivity index (χ1v) is 18.2. The summed E-state index contributed by atoms with van der Waals surface area (Å²) in [6, 6.07) is 9.51. The zero-order chi connectivity index (χ0) is 29.2. The van der Waals surface area contributed by atoms with E-state index in [0.29, 0.717) is 5.92 Å². The molecule has 0 saturated heterocycles. The van der Waals surface area contributed by atoms with E-state index in [1.54, 1.807) is 5.56 Å². The Hall–Kier alpha value is -1.98. The Morgan fingerprint density at radius 3 is 2.00 bits per heavy atom. The van der Waals surface area contributed by atoms with Crippen molar-refractivity contribution in [2.45, 2.75) is 138 Å². The van der Waals surface area contributed by atoms with Crippen LogP contribution in [0.3, 0.4) is 0 Å². The van der Waals surface area contributed by atoms with Crippen molar-refractivity contribution >= 4 is 33.7 Å². The maximum atomic E-state index is 5.14. The van der Waals surface area contributed by atoms with Gasteiger partial charge >= 0.3 is 0 Å². The number of benzene rings is 1. The van der Waals surface area contributed by atoms with Crippen molar-refractivity contribution in [3.63, 3.8) is 0 Å². The lowest BCUT2D eigenvalue weighted by Crippen LogP contribution is -2.12. The number of hydrogen-bond acceptors (Lipinski definition) is 4. The lowest BCUT2D eigenvalue weighted by atomic mass is 10.00. The maximum Gasteiger partial charge on any atom is 0.122 e. The molecule has 3 heterocycles. The number of unbranched alkanes of at least 4 members (excludes halogenated alkanes) is 7. The summed E-state index contributed by atoms with van der Waals surface area (Å²) in [6.07, 6.45) is 17.8. The van der Waals surface area contributed by atoms with Crippen LogP contribution in [0.1, 0.15) is 126 Å². The summed E-state index contributed by atoms with van der Waals surface area (Å²) in [6.45, 7) is 14.6. The van der Waals surface area contributed by atoms with Crippen molar-refractivity contribution < 1.29 is 0 Å². The maximum absolute atomic E-state index is 5.14. The van der Waals surface area contributed by atoms with E-state index in [4.69, 9.17) is 10.2 Å². The average Bonchev–Trinajstić information content (AvgIpc) is 3.68. The van der Waals surface area contributed by atoms with Crippen LogP contribution in [0.2, 0.25) is 0 Å². The van der Waals surface area contributed by atoms with E-state index >= 15 is 0 Å². The fourth-order valence-electron chi connectivity index (χ4n) is 5.96. The summed E-state index contributed by atoms with van der Waals surface area (Å²) < 4.78 is 0. The van der Waals surface area contributed by atoms with Gasteiger partial charge in [0.05, 0.1) is 6.54 Å². The van der Waals surface area contributed by atoms with Gasteiger partial charge < -0.3 is 0 Å². The van der Waals surface area contributed by atoms with Crippen molar-refractivity contribution in [1.82, 2.24) is 15.0 Å². The Labute approximate surface area is 257 Å². The Morgan fingerprint density at radius 2 is 1.34 bits per heavy atom. The number of thiophene rings is 2. The summed E-state index contributed by atoms with van der Waals surface area (Å²) >= 11 is 4.00. The van der Waals surface area contributed by atoms with Crippen LogP contribution in [-0.4, -0.2) is 15.0 Å². The molecule has 3 nitrogen and oxygen atoms in total. The van der Waals surface area contributed by atoms with Gasteiger partial charge in [-0.05, 0) is 80.7 Å². The van der Waals surface area contributed by atoms with E-state index in [2.05, 4.69) is 65.8 Å². The van der Waals surface area contributed by atoms with Gasteiger partial charge in [-0.1, -0.05) is 97.6 Å². The Morgan fingerprint density at radius 1 is 0.707 bits per heavy atom. The van der Waals surface area contributed by atoms with Gasteiger partial charge in [-0.25, -0.2) is 0 Å². The summed E-state index contributed by atoms with van der Waals surface area (Å²) in [7, 11) is 0. The lowest BCUT2D eigenvalue weighted by molar-refractivity contribution is 0.351. The Bertz CT molecular complexity index is 1360. The smallest absolute Gasteiger partial charge is 0.122 e. The van der Waals surface area contributed by atoms with Crippen molar-refractivity contribution in [3.8, 4) is 20.2 Å². The highest BCUT2D eigenvalue weighted by molar-refractivity contribution is 7.24. The topological polar surface area (TPSA) is 30.7 Å². The van der Waals surface area contributed by atoms with Crippen molar-refractivity contribution in [3.05, 3.63) is 45.8 Å². The minimum Gasteiger partial charge on any atom is -0.183 e. The van der Waals surface area contributed by atoms with Crippen LogP contribution >= 0.6 is 22.7 Å². The normalized spacial score (nSPS) is 12.5. The van der Waals surface area contributed by atoms with Gasteiger partial charge in [-0.2, -0.15) is 15.0 Å². The number of hydrogen-bond donors (Lipinski definition) is 0. The van der Waals surface area contributed by atoms with Crippen molar-refractivity contribution in [2.75, 3.05) is 0 Å². The molecule has 4 aromatic rings. The third kappa shape index (κ3) is 8.32. The van der Waals surface area contributed by atoms with Crippen LogP contribution in [0.15, 0.2) is 24.3 Å². The summed E-state index contributed by atoms with van der Waals surface area (Å²) in [5.74, 6) is 0.640. The van der Waals surface area contributed by atoms with Crippen LogP contribution in [0, 0.1) is 19.8 Å². The zero-order valence-electron chi connectivity index (χ0n) is 26.7. The second kappa shape index (κ2) is 16.0. The van der Waals surface area contributed by atoms with Gasteiger partial charge in [0, 0.05) is 25.1 Å². The molecular formula is C36H53N3S2. The number of nitrogens with zero attached hydrogens (tertiary/aromatic N) is 3. The van der Waals surface area contributed by atoms with E-state index in [-0.39, 0.29) is 0 Å². The molecule has 0 aliphatic carbocycles. The number of fused-ring (bicyclic) bond motifs is 1. The minimum atomic E-state index is 0.640. The molecule has 0 fully saturated rings. The third-order valence-corrected chi connectivity index (χ3v) is 11.0. The van der Waals surface area contributed by atoms with Gasteiger partial charge in [0.1, 0.15) is 11.0 Å². The molecule has 1 atom stereocenters. The molecule has 224 valence electrons. The Balaban J connectivity index is 1.71. The van der Waals surface area contributed by atoms with Gasteiger partial charge in [-0.15, -0.1) is 22.7 Å². The van der Waals surface area contributed by atoms with Crippen molar-refractivity contribution in [1.29, 1.82) is 0 Å². The molecule has 5 heteroatoms. The third-order valence-electron chi connectivity index (χ3n) is 8.56. The van der Waals surface area contributed by atoms with E-state index in [1.807, 2.05) is 27.5 Å². The van der Waals surface area contributed by atoms with Gasteiger partial charge in [-0.3, -0.25) is 0 Å². The fraction of sp³-hybridized carbons (Fsp3) is 0.611. The van der Waals surface area contributed by atoms with Crippen LogP contribution < -0.4 is 0 Å². The van der Waals surface area contributed by atoms with Gasteiger partial charge in [0.15, 0.2) is 0 Å². The fourth-order valence-corrected chi connectivity index (χ4v) is 8.46. The number of aromatic nitrogens is 3. The molecule has 0 amide bonds. The minimum absolute atomic E-state index is 0.640. The quantitative estimate of drug-likeness (QED) is 0.108. The highest BCUT2D eigenvalue weighted by Crippen LogP contribution is 2.45. The van der Waals surface area contributed by atoms with E-state index in [9.17, 15) is 0 Å². The Kier molecular flexibility index (Phi) is 12.5. The highest BCUT2D eigenvalue weighted by Gasteiger charge is 2.21. The van der Waals surface area contributed by atoms with Crippen LogP contribution in [0.25, 0.3) is 31.2 Å². The molecule has 0 spiro atoms. The van der Waals surface area contributed by atoms with Crippen molar-refractivity contribution in [2.24, 2.45) is 5.92 Å². The average molecular weight is 592 g/mol.